The number of hydrogen-bond donors (Lipinski definition) is 1. The fourth-order valence-corrected chi connectivity index (χ4v) is 1.83. The van der Waals surface area contributed by atoms with Crippen LogP contribution in [0.15, 0.2) is 0 Å². The molecule has 1 saturated heterocycles. The fourth-order valence-electron chi connectivity index (χ4n) is 0.744. The van der Waals surface area contributed by atoms with Crippen molar-refractivity contribution in [3.8, 4) is 0 Å². The van der Waals surface area contributed by atoms with Gasteiger partial charge in [0.05, 0.1) is 5.92 Å². The van der Waals surface area contributed by atoms with Crippen LogP contribution in [0.2, 0.25) is 0 Å². The maximum atomic E-state index is 10.3. The molecule has 1 aliphatic rings. The molecule has 1 rings (SSSR count). The van der Waals surface area contributed by atoms with Gasteiger partial charge in [-0.3, -0.25) is 4.79 Å². The van der Waals surface area contributed by atoms with Crippen molar-refractivity contribution in [2.75, 3.05) is 11.5 Å². The van der Waals surface area contributed by atoms with E-state index in [1.165, 1.54) is 0 Å². The molecule has 2 nitrogen and oxygen atoms in total. The van der Waals surface area contributed by atoms with Crippen LogP contribution in [0.4, 0.5) is 0 Å². The van der Waals surface area contributed by atoms with Crippen LogP contribution in [-0.2, 0) is 4.79 Å². The largest absolute Gasteiger partial charge is 0.481 e. The van der Waals surface area contributed by atoms with E-state index in [1.807, 2.05) is 11.8 Å². The van der Waals surface area contributed by atoms with Crippen molar-refractivity contribution >= 4 is 17.7 Å². The van der Waals surface area contributed by atoms with Crippen molar-refractivity contribution < 1.29 is 9.90 Å². The average molecular weight is 146 g/mol. The second kappa shape index (κ2) is 2.60. The molecule has 0 aliphatic carbocycles. The Hall–Kier alpha value is -0.180. The number of carbonyl (C=O) groups is 1. The Kier molecular flexibility index (Phi) is 2.01. The lowest BCUT2D eigenvalue weighted by atomic mass is 9.97. The van der Waals surface area contributed by atoms with Crippen LogP contribution in [0, 0.1) is 11.8 Å². The lowest BCUT2D eigenvalue weighted by Crippen LogP contribution is -2.30. The minimum Gasteiger partial charge on any atom is -0.481 e. The van der Waals surface area contributed by atoms with E-state index in [9.17, 15) is 4.79 Å². The topological polar surface area (TPSA) is 37.3 Å². The molecule has 0 aromatic carbocycles. The summed E-state index contributed by atoms with van der Waals surface area (Å²) < 4.78 is 0. The lowest BCUT2D eigenvalue weighted by Gasteiger charge is -2.27. The maximum absolute atomic E-state index is 10.3. The van der Waals surface area contributed by atoms with Crippen LogP contribution >= 0.6 is 11.8 Å². The molecule has 0 bridgehead atoms. The van der Waals surface area contributed by atoms with Gasteiger partial charge in [0.1, 0.15) is 0 Å². The molecule has 1 aliphatic heterocycles. The van der Waals surface area contributed by atoms with Crippen LogP contribution in [0.25, 0.3) is 0 Å². The van der Waals surface area contributed by atoms with Gasteiger partial charge in [0.2, 0.25) is 0 Å². The third-order valence-electron chi connectivity index (χ3n) is 1.76. The third kappa shape index (κ3) is 1.39. The van der Waals surface area contributed by atoms with Crippen molar-refractivity contribution in [2.24, 2.45) is 11.8 Å². The van der Waals surface area contributed by atoms with Crippen LogP contribution in [0.5, 0.6) is 0 Å². The monoisotopic (exact) mass is 146 g/mol. The molecule has 3 heteroatoms. The zero-order chi connectivity index (χ0) is 6.85. The van der Waals surface area contributed by atoms with E-state index in [4.69, 9.17) is 5.11 Å². The van der Waals surface area contributed by atoms with Gasteiger partial charge in [-0.15, -0.1) is 0 Å². The second-order valence-corrected chi connectivity index (χ2v) is 3.50. The van der Waals surface area contributed by atoms with Gasteiger partial charge >= 0.3 is 5.97 Å². The van der Waals surface area contributed by atoms with E-state index in [0.29, 0.717) is 5.92 Å². The summed E-state index contributed by atoms with van der Waals surface area (Å²) in [5.41, 5.74) is 0. The highest BCUT2D eigenvalue weighted by Gasteiger charge is 2.28. The number of carboxylic acid groups (broad SMARTS) is 1. The van der Waals surface area contributed by atoms with Gasteiger partial charge in [-0.2, -0.15) is 11.8 Å². The minimum atomic E-state index is -0.653. The quantitative estimate of drug-likeness (QED) is 0.633. The highest BCUT2D eigenvalue weighted by Crippen LogP contribution is 2.30. The van der Waals surface area contributed by atoms with Crippen LogP contribution in [0.3, 0.4) is 0 Å². The summed E-state index contributed by atoms with van der Waals surface area (Å²) in [7, 11) is 0. The summed E-state index contributed by atoms with van der Waals surface area (Å²) in [5, 5.41) is 8.51. The summed E-state index contributed by atoms with van der Waals surface area (Å²) in [4.78, 5) is 10.3. The molecule has 1 heterocycles. The van der Waals surface area contributed by atoms with Gasteiger partial charge in [0.15, 0.2) is 0 Å². The zero-order valence-electron chi connectivity index (χ0n) is 5.33. The van der Waals surface area contributed by atoms with Gasteiger partial charge in [0.25, 0.3) is 0 Å². The fraction of sp³-hybridized carbons (Fsp3) is 0.833. The van der Waals surface area contributed by atoms with Crippen molar-refractivity contribution in [3.05, 3.63) is 0 Å². The summed E-state index contributed by atoms with van der Waals surface area (Å²) in [6, 6.07) is 0. The van der Waals surface area contributed by atoms with Gasteiger partial charge < -0.3 is 5.11 Å². The average Bonchev–Trinajstić information content (AvgIpc) is 1.60. The molecule has 0 radical (unpaired) electrons. The molecule has 9 heavy (non-hydrogen) atoms. The van der Waals surface area contributed by atoms with Crippen molar-refractivity contribution in [3.63, 3.8) is 0 Å². The minimum absolute atomic E-state index is 0.133. The molecule has 0 amide bonds. The first-order chi connectivity index (χ1) is 4.22. The van der Waals surface area contributed by atoms with E-state index in [1.54, 1.807) is 6.92 Å². The Labute approximate surface area is 58.6 Å². The molecular formula is C6H10O2S. The Morgan fingerprint density at radius 3 is 2.44 bits per heavy atom. The van der Waals surface area contributed by atoms with Crippen LogP contribution in [-0.4, -0.2) is 22.6 Å². The van der Waals surface area contributed by atoms with E-state index < -0.39 is 5.97 Å². The Morgan fingerprint density at radius 1 is 1.78 bits per heavy atom. The van der Waals surface area contributed by atoms with Crippen molar-refractivity contribution in [1.82, 2.24) is 0 Å². The molecule has 0 aromatic heterocycles. The summed E-state index contributed by atoms with van der Waals surface area (Å²) in [5.74, 6) is 1.72. The van der Waals surface area contributed by atoms with E-state index in [2.05, 4.69) is 0 Å². The molecule has 1 unspecified atom stereocenters. The Balaban J connectivity index is 2.32. The Morgan fingerprint density at radius 2 is 2.33 bits per heavy atom. The van der Waals surface area contributed by atoms with Gasteiger partial charge in [0, 0.05) is 0 Å². The van der Waals surface area contributed by atoms with E-state index >= 15 is 0 Å². The highest BCUT2D eigenvalue weighted by molar-refractivity contribution is 8.00. The standard InChI is InChI=1S/C6H10O2S/c1-4(6(7)8)5-2-9-3-5/h4-5H,2-3H2,1H3,(H,7,8). The normalized spacial score (nSPS) is 22.8. The number of thioether (sulfide) groups is 1. The molecule has 1 fully saturated rings. The zero-order valence-corrected chi connectivity index (χ0v) is 6.15. The SMILES string of the molecule is CC(C(=O)O)C1CSC1. The molecule has 52 valence electrons. The first-order valence-corrected chi connectivity index (χ1v) is 4.18. The molecule has 0 spiro atoms. The molecule has 0 saturated carbocycles. The number of carboxylic acids is 1. The van der Waals surface area contributed by atoms with E-state index in [0.717, 1.165) is 11.5 Å². The molecular weight excluding hydrogens is 136 g/mol. The lowest BCUT2D eigenvalue weighted by molar-refractivity contribution is -0.142. The number of aliphatic carboxylic acids is 1. The second-order valence-electron chi connectivity index (χ2n) is 2.42. The summed E-state index contributed by atoms with van der Waals surface area (Å²) in [6.07, 6.45) is 0. The molecule has 1 N–H and O–H groups in total. The van der Waals surface area contributed by atoms with Crippen molar-refractivity contribution in [1.29, 1.82) is 0 Å². The van der Waals surface area contributed by atoms with Crippen LogP contribution in [0.1, 0.15) is 6.92 Å². The van der Waals surface area contributed by atoms with Gasteiger partial charge in [-0.05, 0) is 17.4 Å². The summed E-state index contributed by atoms with van der Waals surface area (Å²) >= 11 is 1.83. The smallest absolute Gasteiger partial charge is 0.306 e. The molecule has 0 aromatic rings. The predicted octanol–water partition coefficient (Wildman–Crippen LogP) is 1.07. The van der Waals surface area contributed by atoms with E-state index in [-0.39, 0.29) is 5.92 Å². The first kappa shape index (κ1) is 6.93. The van der Waals surface area contributed by atoms with Gasteiger partial charge in [-0.25, -0.2) is 0 Å². The first-order valence-electron chi connectivity index (χ1n) is 3.02. The van der Waals surface area contributed by atoms with Crippen molar-refractivity contribution in [2.45, 2.75) is 6.92 Å². The van der Waals surface area contributed by atoms with Crippen LogP contribution < -0.4 is 0 Å². The Bertz CT molecular complexity index is 120. The number of hydrogen-bond acceptors (Lipinski definition) is 2. The molecule has 1 atom stereocenters. The third-order valence-corrected chi connectivity index (χ3v) is 3.09. The number of rotatable bonds is 2. The summed E-state index contributed by atoms with van der Waals surface area (Å²) in [6.45, 7) is 1.78. The maximum Gasteiger partial charge on any atom is 0.306 e. The van der Waals surface area contributed by atoms with Gasteiger partial charge in [-0.1, -0.05) is 6.92 Å². The highest BCUT2D eigenvalue weighted by atomic mass is 32.2. The predicted molar refractivity (Wildman–Crippen MR) is 37.6 cm³/mol.